The van der Waals surface area contributed by atoms with Crippen LogP contribution in [0.5, 0.6) is 0 Å². The summed E-state index contributed by atoms with van der Waals surface area (Å²) in [5.74, 6) is 0. The molecular weight excluding hydrogens is 342 g/mol. The van der Waals surface area contributed by atoms with Gasteiger partial charge in [0.05, 0.1) is 0 Å². The summed E-state index contributed by atoms with van der Waals surface area (Å²) in [5.41, 5.74) is 0. The molecule has 0 bridgehead atoms. The Hall–Kier alpha value is 0.140. The molecule has 0 fully saturated rings. The van der Waals surface area contributed by atoms with Crippen molar-refractivity contribution >= 4 is 27.3 Å². The maximum Gasteiger partial charge on any atom is 0.0426 e. The van der Waals surface area contributed by atoms with Crippen LogP contribution in [0.3, 0.4) is 0 Å². The summed E-state index contributed by atoms with van der Waals surface area (Å²) >= 11 is 5.56. The van der Waals surface area contributed by atoms with Gasteiger partial charge in [-0.3, -0.25) is 0 Å². The van der Waals surface area contributed by atoms with Crippen molar-refractivity contribution in [3.8, 4) is 0 Å². The van der Waals surface area contributed by atoms with Crippen molar-refractivity contribution in [2.75, 3.05) is 6.54 Å². The van der Waals surface area contributed by atoms with Gasteiger partial charge in [-0.1, -0.05) is 65.2 Å². The fraction of sp³-hybridized carbons (Fsp3) is 0.778. The SMILES string of the molecule is CCCCCCCCCCC(NCCC)c1sccc1Br. The Morgan fingerprint density at radius 1 is 1.00 bits per heavy atom. The van der Waals surface area contributed by atoms with E-state index in [0.29, 0.717) is 6.04 Å². The summed E-state index contributed by atoms with van der Waals surface area (Å²) in [4.78, 5) is 1.48. The van der Waals surface area contributed by atoms with Crippen LogP contribution in [0, 0.1) is 0 Å². The molecule has 0 amide bonds. The van der Waals surface area contributed by atoms with Crippen molar-refractivity contribution in [3.63, 3.8) is 0 Å². The third-order valence-electron chi connectivity index (χ3n) is 3.95. The molecule has 0 aliphatic rings. The second kappa shape index (κ2) is 12.7. The molecule has 1 heterocycles. The van der Waals surface area contributed by atoms with E-state index < -0.39 is 0 Å². The minimum absolute atomic E-state index is 0.541. The molecule has 1 nitrogen and oxygen atoms in total. The first-order chi connectivity index (χ1) is 10.3. The minimum atomic E-state index is 0.541. The third kappa shape index (κ3) is 8.37. The lowest BCUT2D eigenvalue weighted by Crippen LogP contribution is -2.21. The van der Waals surface area contributed by atoms with E-state index in [-0.39, 0.29) is 0 Å². The Bertz CT molecular complexity index is 351. The fourth-order valence-electron chi connectivity index (χ4n) is 2.68. The zero-order chi connectivity index (χ0) is 15.3. The maximum absolute atomic E-state index is 3.71. The Kier molecular flexibility index (Phi) is 11.6. The quantitative estimate of drug-likeness (QED) is 0.364. The molecule has 1 aromatic rings. The molecule has 1 unspecified atom stereocenters. The highest BCUT2D eigenvalue weighted by Crippen LogP contribution is 2.32. The summed E-state index contributed by atoms with van der Waals surface area (Å²) in [6.45, 7) is 5.64. The van der Waals surface area contributed by atoms with Crippen LogP contribution in [0.2, 0.25) is 0 Å². The predicted molar refractivity (Wildman–Crippen MR) is 100 cm³/mol. The van der Waals surface area contributed by atoms with Crippen LogP contribution in [-0.2, 0) is 0 Å². The number of rotatable bonds is 13. The van der Waals surface area contributed by atoms with Gasteiger partial charge in [-0.15, -0.1) is 11.3 Å². The zero-order valence-corrected chi connectivity index (χ0v) is 16.2. The largest absolute Gasteiger partial charge is 0.309 e. The van der Waals surface area contributed by atoms with Gasteiger partial charge < -0.3 is 5.32 Å². The van der Waals surface area contributed by atoms with Crippen LogP contribution in [0.25, 0.3) is 0 Å². The molecule has 21 heavy (non-hydrogen) atoms. The van der Waals surface area contributed by atoms with Gasteiger partial charge >= 0.3 is 0 Å². The van der Waals surface area contributed by atoms with Crippen LogP contribution in [0.4, 0.5) is 0 Å². The standard InChI is InChI=1S/C18H32BrNS/c1-3-5-6-7-8-9-10-11-12-17(20-14-4-2)18-16(19)13-15-21-18/h13,15,17,20H,3-12,14H2,1-2H3. The van der Waals surface area contributed by atoms with Crippen LogP contribution in [-0.4, -0.2) is 6.54 Å². The van der Waals surface area contributed by atoms with E-state index in [0.717, 1.165) is 6.54 Å². The monoisotopic (exact) mass is 373 g/mol. The highest BCUT2D eigenvalue weighted by atomic mass is 79.9. The summed E-state index contributed by atoms with van der Waals surface area (Å²) in [7, 11) is 0. The molecule has 0 aliphatic heterocycles. The molecule has 0 aliphatic carbocycles. The molecule has 0 aromatic carbocycles. The fourth-order valence-corrected chi connectivity index (χ4v) is 4.44. The molecule has 0 spiro atoms. The van der Waals surface area contributed by atoms with Crippen molar-refractivity contribution in [1.82, 2.24) is 5.32 Å². The van der Waals surface area contributed by atoms with Crippen molar-refractivity contribution in [3.05, 3.63) is 20.8 Å². The number of unbranched alkanes of at least 4 members (excludes halogenated alkanes) is 7. The summed E-state index contributed by atoms with van der Waals surface area (Å²) < 4.78 is 1.28. The van der Waals surface area contributed by atoms with Crippen molar-refractivity contribution < 1.29 is 0 Å². The van der Waals surface area contributed by atoms with Gasteiger partial charge in [0.25, 0.3) is 0 Å². The predicted octanol–water partition coefficient (Wildman–Crippen LogP) is 7.08. The van der Waals surface area contributed by atoms with Gasteiger partial charge in [0.15, 0.2) is 0 Å². The normalized spacial score (nSPS) is 12.7. The number of hydrogen-bond donors (Lipinski definition) is 1. The Labute approximate surface area is 144 Å². The Balaban J connectivity index is 2.20. The third-order valence-corrected chi connectivity index (χ3v) is 5.93. The first-order valence-electron chi connectivity index (χ1n) is 8.75. The smallest absolute Gasteiger partial charge is 0.0426 e. The lowest BCUT2D eigenvalue weighted by molar-refractivity contribution is 0.469. The first-order valence-corrected chi connectivity index (χ1v) is 10.4. The van der Waals surface area contributed by atoms with E-state index in [2.05, 4.69) is 46.5 Å². The van der Waals surface area contributed by atoms with E-state index in [1.54, 1.807) is 0 Å². The average Bonchev–Trinajstić information content (AvgIpc) is 2.91. The van der Waals surface area contributed by atoms with Crippen LogP contribution >= 0.6 is 27.3 Å². The van der Waals surface area contributed by atoms with Crippen molar-refractivity contribution in [2.24, 2.45) is 0 Å². The van der Waals surface area contributed by atoms with Crippen LogP contribution in [0.15, 0.2) is 15.9 Å². The Morgan fingerprint density at radius 3 is 2.24 bits per heavy atom. The lowest BCUT2D eigenvalue weighted by Gasteiger charge is -2.18. The molecule has 0 radical (unpaired) electrons. The van der Waals surface area contributed by atoms with Gasteiger partial charge in [-0.2, -0.15) is 0 Å². The van der Waals surface area contributed by atoms with Crippen LogP contribution in [0.1, 0.15) is 89.0 Å². The lowest BCUT2D eigenvalue weighted by atomic mass is 10.0. The van der Waals surface area contributed by atoms with Crippen molar-refractivity contribution in [2.45, 2.75) is 84.1 Å². The molecule has 1 rings (SSSR count). The van der Waals surface area contributed by atoms with E-state index in [1.165, 1.54) is 73.6 Å². The molecule has 122 valence electrons. The highest BCUT2D eigenvalue weighted by molar-refractivity contribution is 9.10. The molecule has 1 atom stereocenters. The molecule has 1 aromatic heterocycles. The zero-order valence-electron chi connectivity index (χ0n) is 13.8. The van der Waals surface area contributed by atoms with E-state index in [4.69, 9.17) is 0 Å². The highest BCUT2D eigenvalue weighted by Gasteiger charge is 2.14. The number of thiophene rings is 1. The number of hydrogen-bond acceptors (Lipinski definition) is 2. The minimum Gasteiger partial charge on any atom is -0.309 e. The summed E-state index contributed by atoms with van der Waals surface area (Å²) in [5, 5.41) is 5.90. The summed E-state index contributed by atoms with van der Waals surface area (Å²) in [6.07, 6.45) is 13.7. The van der Waals surface area contributed by atoms with Crippen LogP contribution < -0.4 is 5.32 Å². The van der Waals surface area contributed by atoms with Gasteiger partial charge in [0.2, 0.25) is 0 Å². The van der Waals surface area contributed by atoms with Gasteiger partial charge in [-0.25, -0.2) is 0 Å². The first kappa shape index (κ1) is 19.2. The molecule has 1 N–H and O–H groups in total. The average molecular weight is 374 g/mol. The van der Waals surface area contributed by atoms with Gasteiger partial charge in [0.1, 0.15) is 0 Å². The Morgan fingerprint density at radius 2 is 1.67 bits per heavy atom. The molecule has 3 heteroatoms. The second-order valence-electron chi connectivity index (χ2n) is 5.90. The number of nitrogens with one attached hydrogen (secondary N) is 1. The topological polar surface area (TPSA) is 12.0 Å². The van der Waals surface area contributed by atoms with Gasteiger partial charge in [0, 0.05) is 15.4 Å². The van der Waals surface area contributed by atoms with E-state index in [9.17, 15) is 0 Å². The second-order valence-corrected chi connectivity index (χ2v) is 7.71. The molecular formula is C18H32BrNS. The molecule has 0 saturated carbocycles. The maximum atomic E-state index is 3.71. The van der Waals surface area contributed by atoms with Crippen molar-refractivity contribution in [1.29, 1.82) is 0 Å². The molecule has 0 saturated heterocycles. The van der Waals surface area contributed by atoms with Gasteiger partial charge in [-0.05, 0) is 46.8 Å². The van der Waals surface area contributed by atoms with E-state index >= 15 is 0 Å². The van der Waals surface area contributed by atoms with E-state index in [1.807, 2.05) is 11.3 Å². The summed E-state index contributed by atoms with van der Waals surface area (Å²) in [6, 6.07) is 2.72. The number of halogens is 1.